The lowest BCUT2D eigenvalue weighted by atomic mass is 10.1. The number of amides is 1. The molecule has 0 radical (unpaired) electrons. The highest BCUT2D eigenvalue weighted by atomic mass is 19.1. The zero-order valence-corrected chi connectivity index (χ0v) is 9.80. The van der Waals surface area contributed by atoms with Gasteiger partial charge in [-0.05, 0) is 12.1 Å². The summed E-state index contributed by atoms with van der Waals surface area (Å²) in [6.07, 6.45) is 0.179. The molecule has 0 aromatic heterocycles. The van der Waals surface area contributed by atoms with E-state index in [2.05, 4.69) is 5.16 Å². The first-order chi connectivity index (χ1) is 8.45. The molecule has 0 unspecified atom stereocenters. The number of nitrogens with zero attached hydrogens (tertiary/aromatic N) is 2. The maximum absolute atomic E-state index is 13.4. The van der Waals surface area contributed by atoms with Crippen molar-refractivity contribution in [2.75, 3.05) is 13.6 Å². The Balaban J connectivity index is 2.74. The van der Waals surface area contributed by atoms with E-state index in [-0.39, 0.29) is 30.1 Å². The molecular weight excluding hydrogens is 241 g/mol. The summed E-state index contributed by atoms with van der Waals surface area (Å²) in [5.74, 6) is -1.60. The van der Waals surface area contributed by atoms with Gasteiger partial charge in [0, 0.05) is 26.1 Å². The van der Waals surface area contributed by atoms with Gasteiger partial charge < -0.3 is 20.9 Å². The van der Waals surface area contributed by atoms with Gasteiger partial charge >= 0.3 is 0 Å². The molecule has 1 rings (SSSR count). The van der Waals surface area contributed by atoms with Crippen LogP contribution in [0.3, 0.4) is 0 Å². The van der Waals surface area contributed by atoms with Crippen LogP contribution in [0.1, 0.15) is 16.8 Å². The second-order valence-corrected chi connectivity index (χ2v) is 3.73. The van der Waals surface area contributed by atoms with E-state index >= 15 is 0 Å². The van der Waals surface area contributed by atoms with Gasteiger partial charge in [-0.15, -0.1) is 0 Å². The fourth-order valence-corrected chi connectivity index (χ4v) is 1.32. The van der Waals surface area contributed by atoms with E-state index in [4.69, 9.17) is 16.0 Å². The quantitative estimate of drug-likeness (QED) is 0.320. The summed E-state index contributed by atoms with van der Waals surface area (Å²) in [6, 6.07) is 3.30. The van der Waals surface area contributed by atoms with E-state index in [1.165, 1.54) is 24.1 Å². The standard InChI is InChI=1S/C11H14FN3O3/c1-15(5-4-10(13)14-18)11(17)8-3-2-7(16)6-9(8)12/h2-3,6,16,18H,4-5H2,1H3,(H2,13,14). The van der Waals surface area contributed by atoms with Gasteiger partial charge in [0.2, 0.25) is 0 Å². The van der Waals surface area contributed by atoms with Crippen molar-refractivity contribution in [3.63, 3.8) is 0 Å². The SMILES string of the molecule is CN(CC/C(N)=N/O)C(=O)c1ccc(O)cc1F. The van der Waals surface area contributed by atoms with Crippen molar-refractivity contribution in [1.29, 1.82) is 0 Å². The molecule has 1 aromatic rings. The summed E-state index contributed by atoms with van der Waals surface area (Å²) in [7, 11) is 1.47. The molecular formula is C11H14FN3O3. The fourth-order valence-electron chi connectivity index (χ4n) is 1.32. The van der Waals surface area contributed by atoms with Crippen LogP contribution in [0, 0.1) is 5.82 Å². The van der Waals surface area contributed by atoms with Gasteiger partial charge in [0.05, 0.1) is 5.56 Å². The van der Waals surface area contributed by atoms with Crippen molar-refractivity contribution in [2.45, 2.75) is 6.42 Å². The molecule has 0 heterocycles. The Hall–Kier alpha value is -2.31. The lowest BCUT2D eigenvalue weighted by molar-refractivity contribution is 0.0794. The van der Waals surface area contributed by atoms with Crippen LogP contribution >= 0.6 is 0 Å². The smallest absolute Gasteiger partial charge is 0.256 e. The molecule has 0 fully saturated rings. The summed E-state index contributed by atoms with van der Waals surface area (Å²) in [6.45, 7) is 0.190. The number of halogens is 1. The maximum Gasteiger partial charge on any atom is 0.256 e. The van der Waals surface area contributed by atoms with E-state index in [1.54, 1.807) is 0 Å². The van der Waals surface area contributed by atoms with Crippen LogP contribution in [0.2, 0.25) is 0 Å². The maximum atomic E-state index is 13.4. The molecule has 4 N–H and O–H groups in total. The zero-order valence-electron chi connectivity index (χ0n) is 9.80. The first-order valence-electron chi connectivity index (χ1n) is 5.16. The number of hydrogen-bond donors (Lipinski definition) is 3. The Labute approximate surface area is 103 Å². The molecule has 7 heteroatoms. The minimum atomic E-state index is -0.796. The van der Waals surface area contributed by atoms with Crippen LogP contribution in [0.4, 0.5) is 4.39 Å². The number of oxime groups is 1. The van der Waals surface area contributed by atoms with Gasteiger partial charge in [-0.3, -0.25) is 4.79 Å². The summed E-state index contributed by atoms with van der Waals surface area (Å²) in [5.41, 5.74) is 5.12. The van der Waals surface area contributed by atoms with Crippen LogP contribution in [0.15, 0.2) is 23.4 Å². The fraction of sp³-hybridized carbons (Fsp3) is 0.273. The van der Waals surface area contributed by atoms with Gasteiger partial charge in [-0.2, -0.15) is 0 Å². The van der Waals surface area contributed by atoms with Gasteiger partial charge in [0.1, 0.15) is 17.4 Å². The minimum Gasteiger partial charge on any atom is -0.508 e. The second-order valence-electron chi connectivity index (χ2n) is 3.73. The topological polar surface area (TPSA) is 99.1 Å². The molecule has 0 aliphatic carbocycles. The molecule has 1 aromatic carbocycles. The summed E-state index contributed by atoms with van der Waals surface area (Å²) in [5, 5.41) is 20.2. The molecule has 0 bridgehead atoms. The highest BCUT2D eigenvalue weighted by Gasteiger charge is 2.16. The molecule has 0 atom stereocenters. The van der Waals surface area contributed by atoms with E-state index < -0.39 is 11.7 Å². The van der Waals surface area contributed by atoms with E-state index in [9.17, 15) is 9.18 Å². The van der Waals surface area contributed by atoms with Crippen LogP contribution in [-0.2, 0) is 0 Å². The average molecular weight is 255 g/mol. The van der Waals surface area contributed by atoms with Gasteiger partial charge in [0.15, 0.2) is 0 Å². The first-order valence-corrected chi connectivity index (χ1v) is 5.16. The predicted octanol–water partition coefficient (Wildman–Crippen LogP) is 0.740. The number of benzene rings is 1. The third-order valence-corrected chi connectivity index (χ3v) is 2.36. The molecule has 0 aliphatic rings. The van der Waals surface area contributed by atoms with E-state index in [0.29, 0.717) is 0 Å². The molecule has 0 aliphatic heterocycles. The molecule has 0 spiro atoms. The Morgan fingerprint density at radius 3 is 2.78 bits per heavy atom. The van der Waals surface area contributed by atoms with E-state index in [0.717, 1.165) is 6.07 Å². The third-order valence-electron chi connectivity index (χ3n) is 2.36. The van der Waals surface area contributed by atoms with Gasteiger partial charge in [-0.1, -0.05) is 5.16 Å². The number of hydrogen-bond acceptors (Lipinski definition) is 4. The molecule has 98 valence electrons. The number of aromatic hydroxyl groups is 1. The van der Waals surface area contributed by atoms with Crippen molar-refractivity contribution < 1.29 is 19.5 Å². The number of phenolic OH excluding ortho intramolecular Hbond substituents is 1. The number of nitrogens with two attached hydrogens (primary N) is 1. The van der Waals surface area contributed by atoms with E-state index in [1.807, 2.05) is 0 Å². The number of rotatable bonds is 4. The van der Waals surface area contributed by atoms with Crippen molar-refractivity contribution in [3.8, 4) is 5.75 Å². The number of carbonyl (C=O) groups is 1. The first kappa shape index (κ1) is 13.8. The van der Waals surface area contributed by atoms with Crippen molar-refractivity contribution in [2.24, 2.45) is 10.9 Å². The molecule has 0 saturated heterocycles. The zero-order chi connectivity index (χ0) is 13.7. The lowest BCUT2D eigenvalue weighted by Gasteiger charge is -2.17. The van der Waals surface area contributed by atoms with Crippen LogP contribution in [-0.4, -0.2) is 40.5 Å². The summed E-state index contributed by atoms with van der Waals surface area (Å²) >= 11 is 0. The summed E-state index contributed by atoms with van der Waals surface area (Å²) in [4.78, 5) is 13.1. The van der Waals surface area contributed by atoms with Crippen LogP contribution in [0.5, 0.6) is 5.75 Å². The Morgan fingerprint density at radius 2 is 2.22 bits per heavy atom. The molecule has 1 amide bonds. The van der Waals surface area contributed by atoms with Crippen molar-refractivity contribution >= 4 is 11.7 Å². The Kier molecular flexibility index (Phi) is 4.47. The lowest BCUT2D eigenvalue weighted by Crippen LogP contribution is -2.31. The van der Waals surface area contributed by atoms with Crippen molar-refractivity contribution in [3.05, 3.63) is 29.6 Å². The molecule has 6 nitrogen and oxygen atoms in total. The van der Waals surface area contributed by atoms with Gasteiger partial charge in [-0.25, -0.2) is 4.39 Å². The highest BCUT2D eigenvalue weighted by Crippen LogP contribution is 2.16. The van der Waals surface area contributed by atoms with Crippen molar-refractivity contribution in [1.82, 2.24) is 4.90 Å². The number of phenols is 1. The largest absolute Gasteiger partial charge is 0.508 e. The number of carbonyl (C=O) groups excluding carboxylic acids is 1. The average Bonchev–Trinajstić information content (AvgIpc) is 2.34. The highest BCUT2D eigenvalue weighted by molar-refractivity contribution is 5.94. The third kappa shape index (κ3) is 3.34. The number of amidine groups is 1. The monoisotopic (exact) mass is 255 g/mol. The van der Waals surface area contributed by atoms with Crippen LogP contribution in [0.25, 0.3) is 0 Å². The normalized spacial score (nSPS) is 11.3. The van der Waals surface area contributed by atoms with Gasteiger partial charge in [0.25, 0.3) is 5.91 Å². The second kappa shape index (κ2) is 5.85. The molecule has 0 saturated carbocycles. The van der Waals surface area contributed by atoms with Crippen LogP contribution < -0.4 is 5.73 Å². The minimum absolute atomic E-state index is 0.0131. The Morgan fingerprint density at radius 1 is 1.56 bits per heavy atom. The summed E-state index contributed by atoms with van der Waals surface area (Å²) < 4.78 is 13.4. The predicted molar refractivity (Wildman–Crippen MR) is 63.1 cm³/mol. The molecule has 18 heavy (non-hydrogen) atoms. The Bertz CT molecular complexity index is 477.